The molecule has 0 fully saturated rings. The Hall–Kier alpha value is -2.14. The second kappa shape index (κ2) is 6.77. The third-order valence-corrected chi connectivity index (χ3v) is 4.43. The summed E-state index contributed by atoms with van der Waals surface area (Å²) in [7, 11) is 0. The number of halogens is 1. The number of nitrogens with one attached hydrogen (secondary N) is 1. The molecule has 0 aliphatic rings. The van der Waals surface area contributed by atoms with E-state index < -0.39 is 0 Å². The molecule has 1 aromatic heterocycles. The van der Waals surface area contributed by atoms with Gasteiger partial charge in [-0.05, 0) is 64.3 Å². The highest BCUT2D eigenvalue weighted by Gasteiger charge is 2.12. The molecule has 4 nitrogen and oxygen atoms in total. The van der Waals surface area contributed by atoms with E-state index >= 15 is 0 Å². The number of oxazole rings is 1. The summed E-state index contributed by atoms with van der Waals surface area (Å²) >= 11 is 3.55. The minimum absolute atomic E-state index is 0.000590. The fourth-order valence-corrected chi connectivity index (χ4v) is 2.93. The van der Waals surface area contributed by atoms with Crippen LogP contribution in [0, 0.1) is 5.92 Å². The molecular formula is C19H19BrN2O2. The maximum absolute atomic E-state index is 11.7. The quantitative estimate of drug-likeness (QED) is 0.651. The van der Waals surface area contributed by atoms with Crippen molar-refractivity contribution < 1.29 is 9.21 Å². The molecule has 124 valence electrons. The summed E-state index contributed by atoms with van der Waals surface area (Å²) in [6.45, 7) is 5.84. The molecule has 0 aliphatic heterocycles. The number of rotatable bonds is 4. The molecule has 3 rings (SSSR count). The van der Waals surface area contributed by atoms with Gasteiger partial charge in [0.15, 0.2) is 5.58 Å². The average Bonchev–Trinajstić information content (AvgIpc) is 3.00. The molecule has 24 heavy (non-hydrogen) atoms. The summed E-state index contributed by atoms with van der Waals surface area (Å²) in [6, 6.07) is 11.6. The zero-order valence-corrected chi connectivity index (χ0v) is 15.5. The van der Waals surface area contributed by atoms with Crippen LogP contribution < -0.4 is 5.32 Å². The lowest BCUT2D eigenvalue weighted by atomic mass is 10.1. The van der Waals surface area contributed by atoms with Crippen LogP contribution in [0.5, 0.6) is 0 Å². The van der Waals surface area contributed by atoms with Crippen molar-refractivity contribution in [2.24, 2.45) is 5.92 Å². The molecule has 0 bridgehead atoms. The van der Waals surface area contributed by atoms with Gasteiger partial charge in [0, 0.05) is 17.2 Å². The largest absolute Gasteiger partial charge is 0.435 e. The number of hydrogen-bond acceptors (Lipinski definition) is 3. The van der Waals surface area contributed by atoms with Crippen molar-refractivity contribution in [2.45, 2.75) is 27.2 Å². The number of carbonyl (C=O) groups excluding carboxylic acids is 1. The molecule has 0 spiro atoms. The number of benzene rings is 2. The Labute approximate surface area is 149 Å². The van der Waals surface area contributed by atoms with Crippen molar-refractivity contribution in [1.29, 1.82) is 0 Å². The van der Waals surface area contributed by atoms with E-state index in [4.69, 9.17) is 4.42 Å². The molecule has 0 saturated carbocycles. The van der Waals surface area contributed by atoms with Crippen molar-refractivity contribution in [2.75, 3.05) is 5.32 Å². The van der Waals surface area contributed by atoms with Crippen LogP contribution in [0.4, 0.5) is 5.69 Å². The molecular weight excluding hydrogens is 368 g/mol. The van der Waals surface area contributed by atoms with Crippen LogP contribution in [0.15, 0.2) is 45.3 Å². The van der Waals surface area contributed by atoms with Gasteiger partial charge in [0.05, 0.1) is 4.47 Å². The van der Waals surface area contributed by atoms with Crippen LogP contribution in [0.2, 0.25) is 0 Å². The second-order valence-electron chi connectivity index (χ2n) is 6.02. The predicted molar refractivity (Wildman–Crippen MR) is 100.0 cm³/mol. The van der Waals surface area contributed by atoms with E-state index in [0.717, 1.165) is 33.2 Å². The first-order valence-corrected chi connectivity index (χ1v) is 8.77. The molecule has 0 radical (unpaired) electrons. The molecule has 1 amide bonds. The molecule has 0 aliphatic carbocycles. The van der Waals surface area contributed by atoms with Gasteiger partial charge in [0.1, 0.15) is 5.52 Å². The SMILES string of the molecule is CCc1cc(Br)c2oc(-c3ccc(NC(=O)C(C)C)cc3)nc2c1. The Balaban J connectivity index is 1.90. The summed E-state index contributed by atoms with van der Waals surface area (Å²) in [5, 5.41) is 2.87. The fourth-order valence-electron chi connectivity index (χ4n) is 2.36. The Morgan fingerprint density at radius 3 is 2.58 bits per heavy atom. The normalized spacial score (nSPS) is 11.2. The van der Waals surface area contributed by atoms with Crippen molar-refractivity contribution in [3.63, 3.8) is 0 Å². The van der Waals surface area contributed by atoms with Crippen LogP contribution in [0.3, 0.4) is 0 Å². The summed E-state index contributed by atoms with van der Waals surface area (Å²) in [6.07, 6.45) is 0.945. The Bertz CT molecular complexity index is 882. The van der Waals surface area contributed by atoms with E-state index in [-0.39, 0.29) is 11.8 Å². The zero-order valence-electron chi connectivity index (χ0n) is 13.9. The van der Waals surface area contributed by atoms with E-state index in [1.54, 1.807) is 0 Å². The molecule has 0 unspecified atom stereocenters. The first kappa shape index (κ1) is 16.7. The van der Waals surface area contributed by atoms with Gasteiger partial charge in [0.25, 0.3) is 0 Å². The third-order valence-electron chi connectivity index (χ3n) is 3.84. The second-order valence-corrected chi connectivity index (χ2v) is 6.87. The number of aryl methyl sites for hydroxylation is 1. The van der Waals surface area contributed by atoms with Crippen molar-refractivity contribution >= 4 is 38.6 Å². The van der Waals surface area contributed by atoms with Gasteiger partial charge in [-0.15, -0.1) is 0 Å². The van der Waals surface area contributed by atoms with E-state index in [0.29, 0.717) is 5.89 Å². The van der Waals surface area contributed by atoms with Crippen LogP contribution in [-0.2, 0) is 11.2 Å². The first-order valence-electron chi connectivity index (χ1n) is 7.98. The Kier molecular flexibility index (Phi) is 4.71. The number of fused-ring (bicyclic) bond motifs is 1. The number of hydrogen-bond donors (Lipinski definition) is 1. The van der Waals surface area contributed by atoms with Crippen LogP contribution in [0.25, 0.3) is 22.6 Å². The minimum Gasteiger partial charge on any atom is -0.435 e. The highest BCUT2D eigenvalue weighted by Crippen LogP contribution is 2.31. The summed E-state index contributed by atoms with van der Waals surface area (Å²) < 4.78 is 6.81. The first-order chi connectivity index (χ1) is 11.5. The van der Waals surface area contributed by atoms with Gasteiger partial charge in [-0.2, -0.15) is 0 Å². The highest BCUT2D eigenvalue weighted by atomic mass is 79.9. The summed E-state index contributed by atoms with van der Waals surface area (Å²) in [4.78, 5) is 16.3. The number of amides is 1. The molecule has 3 aromatic rings. The molecule has 1 heterocycles. The number of aromatic nitrogens is 1. The van der Waals surface area contributed by atoms with Crippen LogP contribution in [-0.4, -0.2) is 10.9 Å². The molecule has 0 saturated heterocycles. The average molecular weight is 387 g/mol. The molecule has 1 N–H and O–H groups in total. The Morgan fingerprint density at radius 2 is 1.96 bits per heavy atom. The lowest BCUT2D eigenvalue weighted by Crippen LogP contribution is -2.17. The van der Waals surface area contributed by atoms with Gasteiger partial charge >= 0.3 is 0 Å². The van der Waals surface area contributed by atoms with E-state index in [9.17, 15) is 4.79 Å². The van der Waals surface area contributed by atoms with Crippen molar-refractivity contribution in [1.82, 2.24) is 4.98 Å². The van der Waals surface area contributed by atoms with E-state index in [1.165, 1.54) is 5.56 Å². The molecule has 5 heteroatoms. The maximum Gasteiger partial charge on any atom is 0.227 e. The van der Waals surface area contributed by atoms with Gasteiger partial charge in [-0.25, -0.2) is 4.98 Å². The van der Waals surface area contributed by atoms with E-state index in [2.05, 4.69) is 39.2 Å². The van der Waals surface area contributed by atoms with Crippen molar-refractivity contribution in [3.8, 4) is 11.5 Å². The van der Waals surface area contributed by atoms with E-state index in [1.807, 2.05) is 44.2 Å². The lowest BCUT2D eigenvalue weighted by molar-refractivity contribution is -0.118. The molecule has 0 atom stereocenters. The zero-order chi connectivity index (χ0) is 17.3. The fraction of sp³-hybridized carbons (Fsp3) is 0.263. The van der Waals surface area contributed by atoms with Crippen LogP contribution in [0.1, 0.15) is 26.3 Å². The Morgan fingerprint density at radius 1 is 1.25 bits per heavy atom. The van der Waals surface area contributed by atoms with Gasteiger partial charge in [0.2, 0.25) is 11.8 Å². The third kappa shape index (κ3) is 3.36. The van der Waals surface area contributed by atoms with Crippen LogP contribution >= 0.6 is 15.9 Å². The smallest absolute Gasteiger partial charge is 0.227 e. The van der Waals surface area contributed by atoms with Crippen molar-refractivity contribution in [3.05, 3.63) is 46.4 Å². The summed E-state index contributed by atoms with van der Waals surface area (Å²) in [5.41, 5.74) is 4.44. The topological polar surface area (TPSA) is 55.1 Å². The maximum atomic E-state index is 11.7. The minimum atomic E-state index is -0.0492. The number of nitrogens with zero attached hydrogens (tertiary/aromatic N) is 1. The highest BCUT2D eigenvalue weighted by molar-refractivity contribution is 9.10. The summed E-state index contributed by atoms with van der Waals surface area (Å²) in [5.74, 6) is 0.521. The lowest BCUT2D eigenvalue weighted by Gasteiger charge is -2.07. The monoisotopic (exact) mass is 386 g/mol. The van der Waals surface area contributed by atoms with Gasteiger partial charge in [-0.3, -0.25) is 4.79 Å². The molecule has 2 aromatic carbocycles. The standard InChI is InChI=1S/C19H19BrN2O2/c1-4-12-9-15(20)17-16(10-12)22-19(24-17)13-5-7-14(8-6-13)21-18(23)11(2)3/h5-11H,4H2,1-3H3,(H,21,23). The van der Waals surface area contributed by atoms with Gasteiger partial charge in [-0.1, -0.05) is 20.8 Å². The number of carbonyl (C=O) groups is 1. The number of anilines is 1. The van der Waals surface area contributed by atoms with Gasteiger partial charge < -0.3 is 9.73 Å². The predicted octanol–water partition coefficient (Wildman–Crippen LogP) is 5.41.